The van der Waals surface area contributed by atoms with Crippen LogP contribution in [0.2, 0.25) is 0 Å². The highest BCUT2D eigenvalue weighted by atomic mass is 15.0. The van der Waals surface area contributed by atoms with E-state index in [1.165, 1.54) is 0 Å². The molecule has 0 aromatic carbocycles. The van der Waals surface area contributed by atoms with Gasteiger partial charge in [0.1, 0.15) is 0 Å². The first-order valence-electron chi connectivity index (χ1n) is 2.68. The van der Waals surface area contributed by atoms with Gasteiger partial charge in [0.25, 0.3) is 0 Å². The zero-order valence-electron chi connectivity index (χ0n) is 5.65. The summed E-state index contributed by atoms with van der Waals surface area (Å²) in [6.45, 7) is 5.24. The van der Waals surface area contributed by atoms with Gasteiger partial charge < -0.3 is 10.6 Å². The molecule has 0 saturated heterocycles. The predicted octanol–water partition coefficient (Wildman–Crippen LogP) is 0.0629. The Labute approximate surface area is 51.0 Å². The van der Waals surface area contributed by atoms with Crippen molar-refractivity contribution in [3.63, 3.8) is 0 Å². The average molecular weight is 114 g/mol. The lowest BCUT2D eigenvalue weighted by Crippen LogP contribution is -2.18. The van der Waals surface area contributed by atoms with E-state index in [9.17, 15) is 0 Å². The Bertz CT molecular complexity index is 76.6. The Morgan fingerprint density at radius 1 is 1.62 bits per heavy atom. The first kappa shape index (κ1) is 7.66. The van der Waals surface area contributed by atoms with Crippen LogP contribution >= 0.6 is 0 Å². The smallest absolute Gasteiger partial charge is 0.0196 e. The van der Waals surface area contributed by atoms with E-state index < -0.39 is 0 Å². The second-order valence-electron chi connectivity index (χ2n) is 2.19. The molecular weight excluding hydrogens is 100 g/mol. The second-order valence-corrected chi connectivity index (χ2v) is 2.19. The molecule has 2 N–H and O–H groups in total. The first-order chi connectivity index (χ1) is 3.66. The number of rotatable bonds is 3. The lowest BCUT2D eigenvalue weighted by molar-refractivity contribution is 0.443. The van der Waals surface area contributed by atoms with E-state index in [1.807, 2.05) is 14.1 Å². The zero-order chi connectivity index (χ0) is 6.57. The van der Waals surface area contributed by atoms with Gasteiger partial charge in [-0.05, 0) is 19.7 Å². The van der Waals surface area contributed by atoms with Crippen molar-refractivity contribution in [2.24, 2.45) is 5.73 Å². The first-order valence-corrected chi connectivity index (χ1v) is 2.68. The van der Waals surface area contributed by atoms with Crippen molar-refractivity contribution >= 4 is 0 Å². The molecule has 0 atom stereocenters. The Morgan fingerprint density at radius 2 is 2.12 bits per heavy atom. The van der Waals surface area contributed by atoms with Gasteiger partial charge in [-0.2, -0.15) is 0 Å². The molecule has 0 rings (SSSR count). The van der Waals surface area contributed by atoms with E-state index in [0.29, 0.717) is 6.54 Å². The number of nitrogens with zero attached hydrogens (tertiary/aromatic N) is 1. The zero-order valence-corrected chi connectivity index (χ0v) is 5.65. The number of likely N-dealkylation sites (N-methyl/N-ethyl adjacent to an activating group) is 1. The van der Waals surface area contributed by atoms with Gasteiger partial charge in [0.15, 0.2) is 0 Å². The van der Waals surface area contributed by atoms with Crippen LogP contribution in [0.1, 0.15) is 0 Å². The lowest BCUT2D eigenvalue weighted by atomic mass is 10.3. The van der Waals surface area contributed by atoms with Gasteiger partial charge in [-0.3, -0.25) is 0 Å². The maximum Gasteiger partial charge on any atom is 0.0196 e. The molecule has 0 aliphatic rings. The Morgan fingerprint density at radius 3 is 2.25 bits per heavy atom. The van der Waals surface area contributed by atoms with Crippen molar-refractivity contribution in [1.82, 2.24) is 4.90 Å². The molecule has 0 fully saturated rings. The summed E-state index contributed by atoms with van der Waals surface area (Å²) < 4.78 is 0. The van der Waals surface area contributed by atoms with Crippen molar-refractivity contribution in [2.45, 2.75) is 0 Å². The average Bonchev–Trinajstić information content (AvgIpc) is 1.65. The van der Waals surface area contributed by atoms with E-state index in [-0.39, 0.29) is 0 Å². The van der Waals surface area contributed by atoms with Gasteiger partial charge >= 0.3 is 0 Å². The van der Waals surface area contributed by atoms with E-state index in [1.54, 1.807) is 0 Å². The van der Waals surface area contributed by atoms with Crippen LogP contribution in [-0.2, 0) is 0 Å². The number of hydrogen-bond donors (Lipinski definition) is 1. The summed E-state index contributed by atoms with van der Waals surface area (Å²) >= 11 is 0. The molecule has 0 aliphatic carbocycles. The van der Waals surface area contributed by atoms with Crippen LogP contribution in [0.4, 0.5) is 0 Å². The molecular formula is C6H14N2. The van der Waals surface area contributed by atoms with Gasteiger partial charge in [0, 0.05) is 13.1 Å². The third-order valence-corrected chi connectivity index (χ3v) is 0.829. The molecule has 0 amide bonds. The molecule has 2 nitrogen and oxygen atoms in total. The maximum absolute atomic E-state index is 5.29. The SMILES string of the molecule is C=C(CN)CN(C)C. The lowest BCUT2D eigenvalue weighted by Gasteiger charge is -2.09. The molecule has 0 aromatic rings. The Hall–Kier alpha value is -0.340. The summed E-state index contributed by atoms with van der Waals surface area (Å²) in [6, 6.07) is 0. The van der Waals surface area contributed by atoms with Crippen molar-refractivity contribution in [3.8, 4) is 0 Å². The minimum absolute atomic E-state index is 0.595. The molecule has 0 saturated carbocycles. The highest BCUT2D eigenvalue weighted by molar-refractivity contribution is 4.97. The number of hydrogen-bond acceptors (Lipinski definition) is 2. The predicted molar refractivity (Wildman–Crippen MR) is 36.7 cm³/mol. The molecule has 0 aromatic heterocycles. The van der Waals surface area contributed by atoms with Crippen LogP contribution in [0.25, 0.3) is 0 Å². The summed E-state index contributed by atoms with van der Waals surface area (Å²) in [5.41, 5.74) is 6.37. The molecule has 0 aliphatic heterocycles. The van der Waals surface area contributed by atoms with E-state index in [4.69, 9.17) is 5.73 Å². The van der Waals surface area contributed by atoms with Crippen molar-refractivity contribution < 1.29 is 0 Å². The molecule has 0 heterocycles. The summed E-state index contributed by atoms with van der Waals surface area (Å²) in [7, 11) is 4.00. The minimum atomic E-state index is 0.595. The summed E-state index contributed by atoms with van der Waals surface area (Å²) in [5.74, 6) is 0. The van der Waals surface area contributed by atoms with Gasteiger partial charge in [-0.25, -0.2) is 0 Å². The molecule has 48 valence electrons. The van der Waals surface area contributed by atoms with Gasteiger partial charge in [-0.15, -0.1) is 0 Å². The number of nitrogens with two attached hydrogens (primary N) is 1. The van der Waals surface area contributed by atoms with Crippen LogP contribution in [-0.4, -0.2) is 32.1 Å². The summed E-state index contributed by atoms with van der Waals surface area (Å²) in [6.07, 6.45) is 0. The standard InChI is InChI=1S/C6H14N2/c1-6(4-7)5-8(2)3/h1,4-5,7H2,2-3H3. The fraction of sp³-hybridized carbons (Fsp3) is 0.667. The molecule has 8 heavy (non-hydrogen) atoms. The van der Waals surface area contributed by atoms with Crippen molar-refractivity contribution in [1.29, 1.82) is 0 Å². The molecule has 2 heteroatoms. The van der Waals surface area contributed by atoms with Gasteiger partial charge in [0.2, 0.25) is 0 Å². The van der Waals surface area contributed by atoms with E-state index in [0.717, 1.165) is 12.1 Å². The third-order valence-electron chi connectivity index (χ3n) is 0.829. The van der Waals surface area contributed by atoms with E-state index in [2.05, 4.69) is 11.5 Å². The van der Waals surface area contributed by atoms with Crippen molar-refractivity contribution in [2.75, 3.05) is 27.2 Å². The fourth-order valence-corrected chi connectivity index (χ4v) is 0.512. The van der Waals surface area contributed by atoms with Gasteiger partial charge in [-0.1, -0.05) is 6.58 Å². The minimum Gasteiger partial charge on any atom is -0.327 e. The van der Waals surface area contributed by atoms with Crippen LogP contribution in [0, 0.1) is 0 Å². The Kier molecular flexibility index (Phi) is 3.48. The largest absolute Gasteiger partial charge is 0.327 e. The highest BCUT2D eigenvalue weighted by Crippen LogP contribution is 1.86. The van der Waals surface area contributed by atoms with Gasteiger partial charge in [0.05, 0.1) is 0 Å². The monoisotopic (exact) mass is 114 g/mol. The van der Waals surface area contributed by atoms with Crippen LogP contribution in [0.3, 0.4) is 0 Å². The molecule has 0 radical (unpaired) electrons. The third kappa shape index (κ3) is 3.84. The quantitative estimate of drug-likeness (QED) is 0.526. The van der Waals surface area contributed by atoms with Crippen LogP contribution < -0.4 is 5.73 Å². The second kappa shape index (κ2) is 3.64. The fourth-order valence-electron chi connectivity index (χ4n) is 0.512. The molecule has 0 bridgehead atoms. The van der Waals surface area contributed by atoms with Crippen molar-refractivity contribution in [3.05, 3.63) is 12.2 Å². The molecule has 0 unspecified atom stereocenters. The van der Waals surface area contributed by atoms with Crippen LogP contribution in [0.15, 0.2) is 12.2 Å². The molecule has 0 spiro atoms. The topological polar surface area (TPSA) is 29.3 Å². The Balaban J connectivity index is 3.25. The van der Waals surface area contributed by atoms with Crippen LogP contribution in [0.5, 0.6) is 0 Å². The van der Waals surface area contributed by atoms with E-state index >= 15 is 0 Å². The maximum atomic E-state index is 5.29. The highest BCUT2D eigenvalue weighted by Gasteiger charge is 1.90. The normalized spacial score (nSPS) is 10.0. The summed E-state index contributed by atoms with van der Waals surface area (Å²) in [5, 5.41) is 0. The summed E-state index contributed by atoms with van der Waals surface area (Å²) in [4.78, 5) is 2.05.